The summed E-state index contributed by atoms with van der Waals surface area (Å²) in [4.78, 5) is 4.03. The van der Waals surface area contributed by atoms with Crippen LogP contribution in [0.5, 0.6) is 5.75 Å². The Bertz CT molecular complexity index is 359. The van der Waals surface area contributed by atoms with Crippen molar-refractivity contribution in [1.29, 1.82) is 5.26 Å². The van der Waals surface area contributed by atoms with E-state index in [1.165, 1.54) is 11.8 Å². The number of methoxy groups -OCH3 is 1. The smallest absolute Gasteiger partial charge is 0.164 e. The molecular weight excluding hydrogens is 186 g/mol. The normalized spacial score (nSPS) is 9.31. The maximum Gasteiger partial charge on any atom is 0.164 e. The van der Waals surface area contributed by atoms with Crippen LogP contribution in [0.2, 0.25) is 0 Å². The summed E-state index contributed by atoms with van der Waals surface area (Å²) in [6.07, 6.45) is 1.86. The molecule has 1 aromatic rings. The van der Waals surface area contributed by atoms with E-state index in [0.29, 0.717) is 16.5 Å². The number of nitrogens with two attached hydrogens (primary N) is 1. The minimum Gasteiger partial charge on any atom is -0.494 e. The van der Waals surface area contributed by atoms with Crippen LogP contribution < -0.4 is 10.5 Å². The summed E-state index contributed by atoms with van der Waals surface area (Å²) in [5, 5.41) is 9.33. The third-order valence-corrected chi connectivity index (χ3v) is 2.18. The van der Waals surface area contributed by atoms with Gasteiger partial charge in [0, 0.05) is 6.07 Å². The molecule has 5 heteroatoms. The lowest BCUT2D eigenvalue weighted by molar-refractivity contribution is 0.401. The van der Waals surface area contributed by atoms with Crippen molar-refractivity contribution >= 4 is 17.4 Å². The van der Waals surface area contributed by atoms with E-state index >= 15 is 0 Å². The second kappa shape index (κ2) is 4.01. The summed E-state index contributed by atoms with van der Waals surface area (Å²) >= 11 is 1.42. The second-order valence-electron chi connectivity index (χ2n) is 2.25. The van der Waals surface area contributed by atoms with Crippen LogP contribution >= 0.6 is 11.8 Å². The van der Waals surface area contributed by atoms with Crippen molar-refractivity contribution in [2.45, 2.75) is 5.03 Å². The quantitative estimate of drug-likeness (QED) is 0.719. The zero-order valence-corrected chi connectivity index (χ0v) is 8.18. The van der Waals surface area contributed by atoms with Gasteiger partial charge < -0.3 is 10.5 Å². The van der Waals surface area contributed by atoms with E-state index < -0.39 is 0 Å². The number of hydrogen-bond donors (Lipinski definition) is 1. The topological polar surface area (TPSA) is 71.9 Å². The molecule has 0 radical (unpaired) electrons. The Morgan fingerprint density at radius 2 is 2.38 bits per heavy atom. The van der Waals surface area contributed by atoms with Gasteiger partial charge in [-0.25, -0.2) is 4.98 Å². The third kappa shape index (κ3) is 1.84. The molecule has 0 aliphatic rings. The van der Waals surface area contributed by atoms with Gasteiger partial charge in [0.15, 0.2) is 11.4 Å². The molecule has 68 valence electrons. The van der Waals surface area contributed by atoms with E-state index in [1.807, 2.05) is 12.3 Å². The molecule has 2 N–H and O–H groups in total. The molecular formula is C8H9N3OS. The number of nitriles is 1. The average Bonchev–Trinajstić information content (AvgIpc) is 2.17. The molecule has 0 atom stereocenters. The Morgan fingerprint density at radius 1 is 1.69 bits per heavy atom. The van der Waals surface area contributed by atoms with Crippen molar-refractivity contribution in [1.82, 2.24) is 4.98 Å². The summed E-state index contributed by atoms with van der Waals surface area (Å²) < 4.78 is 5.04. The van der Waals surface area contributed by atoms with Crippen molar-refractivity contribution in [3.8, 4) is 11.8 Å². The predicted molar refractivity (Wildman–Crippen MR) is 51.7 cm³/mol. The van der Waals surface area contributed by atoms with Gasteiger partial charge in [-0.05, 0) is 6.26 Å². The Labute approximate surface area is 80.7 Å². The monoisotopic (exact) mass is 195 g/mol. The first kappa shape index (κ1) is 9.68. The van der Waals surface area contributed by atoms with Crippen LogP contribution in [0.1, 0.15) is 5.69 Å². The number of nitrogen functional groups attached to an aromatic ring is 1. The molecule has 0 bridgehead atoms. The van der Waals surface area contributed by atoms with E-state index in [2.05, 4.69) is 4.98 Å². The standard InChI is InChI=1S/C8H9N3OS/c1-12-7-3-5(10)6(4-9)11-8(7)13-2/h3H,10H2,1-2H3. The third-order valence-electron chi connectivity index (χ3n) is 1.50. The predicted octanol–water partition coefficient (Wildman–Crippen LogP) is 1.27. The second-order valence-corrected chi connectivity index (χ2v) is 3.04. The van der Waals surface area contributed by atoms with Crippen LogP contribution in [0.4, 0.5) is 5.69 Å². The van der Waals surface area contributed by atoms with Crippen molar-refractivity contribution in [3.63, 3.8) is 0 Å². The first-order valence-corrected chi connectivity index (χ1v) is 4.74. The van der Waals surface area contributed by atoms with Gasteiger partial charge in [0.25, 0.3) is 0 Å². The molecule has 0 aromatic carbocycles. The number of hydrogen-bond acceptors (Lipinski definition) is 5. The van der Waals surface area contributed by atoms with E-state index in [1.54, 1.807) is 13.2 Å². The SMILES string of the molecule is COc1cc(N)c(C#N)nc1SC. The zero-order valence-electron chi connectivity index (χ0n) is 7.37. The fraction of sp³-hybridized carbons (Fsp3) is 0.250. The summed E-state index contributed by atoms with van der Waals surface area (Å²) in [6.45, 7) is 0. The highest BCUT2D eigenvalue weighted by molar-refractivity contribution is 7.98. The van der Waals surface area contributed by atoms with Crippen LogP contribution in [0.25, 0.3) is 0 Å². The van der Waals surface area contributed by atoms with Crippen molar-refractivity contribution < 1.29 is 4.74 Å². The molecule has 13 heavy (non-hydrogen) atoms. The Hall–Kier alpha value is -1.41. The molecule has 1 heterocycles. The summed E-state index contributed by atoms with van der Waals surface area (Å²) in [5.74, 6) is 0.601. The number of ether oxygens (including phenoxy) is 1. The van der Waals surface area contributed by atoms with Gasteiger partial charge >= 0.3 is 0 Å². The van der Waals surface area contributed by atoms with Gasteiger partial charge in [0.2, 0.25) is 0 Å². The lowest BCUT2D eigenvalue weighted by atomic mass is 10.3. The first-order chi connectivity index (χ1) is 6.22. The van der Waals surface area contributed by atoms with Crippen molar-refractivity contribution in [3.05, 3.63) is 11.8 Å². The number of aromatic nitrogens is 1. The largest absolute Gasteiger partial charge is 0.494 e. The van der Waals surface area contributed by atoms with Crippen molar-refractivity contribution in [2.75, 3.05) is 19.1 Å². The Morgan fingerprint density at radius 3 is 2.85 bits per heavy atom. The van der Waals surface area contributed by atoms with Crippen LogP contribution in [-0.2, 0) is 0 Å². The minimum absolute atomic E-state index is 0.241. The van der Waals surface area contributed by atoms with Gasteiger partial charge in [0.05, 0.1) is 12.8 Å². The Kier molecular flexibility index (Phi) is 2.98. The van der Waals surface area contributed by atoms with E-state index in [9.17, 15) is 0 Å². The average molecular weight is 195 g/mol. The lowest BCUT2D eigenvalue weighted by Crippen LogP contribution is -1.98. The number of anilines is 1. The van der Waals surface area contributed by atoms with Gasteiger partial charge in [-0.3, -0.25) is 0 Å². The molecule has 0 fully saturated rings. The first-order valence-electron chi connectivity index (χ1n) is 3.51. The number of rotatable bonds is 2. The number of nitrogens with zero attached hydrogens (tertiary/aromatic N) is 2. The lowest BCUT2D eigenvalue weighted by Gasteiger charge is -2.06. The number of pyridine rings is 1. The molecule has 0 aliphatic heterocycles. The van der Waals surface area contributed by atoms with Gasteiger partial charge in [-0.2, -0.15) is 5.26 Å². The molecule has 0 saturated heterocycles. The van der Waals surface area contributed by atoms with Crippen LogP contribution in [0.15, 0.2) is 11.1 Å². The fourth-order valence-electron chi connectivity index (χ4n) is 0.875. The summed E-state index contributed by atoms with van der Waals surface area (Å²) in [7, 11) is 1.54. The van der Waals surface area contributed by atoms with E-state index in [4.69, 9.17) is 15.7 Å². The highest BCUT2D eigenvalue weighted by Crippen LogP contribution is 2.28. The van der Waals surface area contributed by atoms with Crippen molar-refractivity contribution in [2.24, 2.45) is 0 Å². The zero-order chi connectivity index (χ0) is 9.84. The van der Waals surface area contributed by atoms with Crippen LogP contribution in [0, 0.1) is 11.3 Å². The molecule has 0 aliphatic carbocycles. The van der Waals surface area contributed by atoms with Gasteiger partial charge in [-0.1, -0.05) is 0 Å². The van der Waals surface area contributed by atoms with Crippen LogP contribution in [-0.4, -0.2) is 18.3 Å². The summed E-state index contributed by atoms with van der Waals surface area (Å²) in [5.41, 5.74) is 6.14. The van der Waals surface area contributed by atoms with E-state index in [0.717, 1.165) is 0 Å². The molecule has 0 unspecified atom stereocenters. The molecule has 1 rings (SSSR count). The van der Waals surface area contributed by atoms with Gasteiger partial charge in [0.1, 0.15) is 11.1 Å². The molecule has 0 saturated carbocycles. The molecule has 0 amide bonds. The minimum atomic E-state index is 0.241. The summed E-state index contributed by atoms with van der Waals surface area (Å²) in [6, 6.07) is 3.52. The van der Waals surface area contributed by atoms with Crippen LogP contribution in [0.3, 0.4) is 0 Å². The maximum absolute atomic E-state index is 8.66. The maximum atomic E-state index is 8.66. The molecule has 1 aromatic heterocycles. The Balaban J connectivity index is 3.28. The highest BCUT2D eigenvalue weighted by Gasteiger charge is 2.08. The number of thioether (sulfide) groups is 1. The van der Waals surface area contributed by atoms with Gasteiger partial charge in [-0.15, -0.1) is 11.8 Å². The molecule has 0 spiro atoms. The fourth-order valence-corrected chi connectivity index (χ4v) is 1.40. The van der Waals surface area contributed by atoms with E-state index in [-0.39, 0.29) is 5.69 Å². The molecule has 4 nitrogen and oxygen atoms in total. The highest BCUT2D eigenvalue weighted by atomic mass is 32.2.